The maximum absolute atomic E-state index is 12.1. The molecule has 1 aromatic rings. The molecule has 0 aromatic heterocycles. The van der Waals surface area contributed by atoms with E-state index in [9.17, 15) is 9.90 Å². The zero-order chi connectivity index (χ0) is 13.9. The average molecular weight is 274 g/mol. The molecule has 3 rings (SSSR count). The number of nitrogens with one attached hydrogen (secondary N) is 1. The molecule has 0 bridgehead atoms. The number of likely N-dealkylation sites (tertiary alicyclic amines) is 1. The summed E-state index contributed by atoms with van der Waals surface area (Å²) in [5.41, 5.74) is 3.69. The first kappa shape index (κ1) is 13.6. The predicted molar refractivity (Wildman–Crippen MR) is 78.8 cm³/mol. The number of carbonyl (C=O) groups excluding carboxylic acids is 1. The van der Waals surface area contributed by atoms with Gasteiger partial charge in [0.25, 0.3) is 0 Å². The third-order valence-electron chi connectivity index (χ3n) is 4.44. The fourth-order valence-electron chi connectivity index (χ4n) is 3.34. The van der Waals surface area contributed by atoms with Crippen LogP contribution in [-0.4, -0.2) is 41.7 Å². The lowest BCUT2D eigenvalue weighted by Crippen LogP contribution is -2.38. The highest BCUT2D eigenvalue weighted by atomic mass is 16.3. The van der Waals surface area contributed by atoms with Gasteiger partial charge in [0.2, 0.25) is 5.91 Å². The van der Waals surface area contributed by atoms with E-state index in [-0.39, 0.29) is 18.6 Å². The molecule has 20 heavy (non-hydrogen) atoms. The quantitative estimate of drug-likeness (QED) is 0.876. The second-order valence-electron chi connectivity index (χ2n) is 5.83. The largest absolute Gasteiger partial charge is 0.395 e. The molecule has 1 aromatic carbocycles. The molecular formula is C16H22N2O2. The van der Waals surface area contributed by atoms with Crippen molar-refractivity contribution in [1.29, 1.82) is 0 Å². The van der Waals surface area contributed by atoms with Crippen molar-refractivity contribution in [3.63, 3.8) is 0 Å². The van der Waals surface area contributed by atoms with Gasteiger partial charge < -0.3 is 10.4 Å². The third-order valence-corrected chi connectivity index (χ3v) is 4.44. The van der Waals surface area contributed by atoms with E-state index in [2.05, 4.69) is 22.3 Å². The number of carbonyl (C=O) groups is 1. The van der Waals surface area contributed by atoms with Crippen LogP contribution in [-0.2, 0) is 17.6 Å². The lowest BCUT2D eigenvalue weighted by atomic mass is 10.1. The highest BCUT2D eigenvalue weighted by Crippen LogP contribution is 2.25. The van der Waals surface area contributed by atoms with Gasteiger partial charge in [0.05, 0.1) is 13.2 Å². The number of fused-ring (bicyclic) bond motifs is 1. The van der Waals surface area contributed by atoms with Gasteiger partial charge in [0, 0.05) is 11.7 Å². The van der Waals surface area contributed by atoms with Crippen molar-refractivity contribution in [3.8, 4) is 0 Å². The van der Waals surface area contributed by atoms with Crippen LogP contribution in [0.4, 0.5) is 5.69 Å². The maximum Gasteiger partial charge on any atom is 0.238 e. The van der Waals surface area contributed by atoms with E-state index in [1.165, 1.54) is 17.5 Å². The molecule has 1 fully saturated rings. The fraction of sp³-hybridized carbons (Fsp3) is 0.562. The van der Waals surface area contributed by atoms with Crippen LogP contribution in [0.15, 0.2) is 18.2 Å². The van der Waals surface area contributed by atoms with Crippen molar-refractivity contribution < 1.29 is 9.90 Å². The van der Waals surface area contributed by atoms with E-state index in [4.69, 9.17) is 0 Å². The van der Waals surface area contributed by atoms with Crippen LogP contribution in [0.5, 0.6) is 0 Å². The number of aliphatic hydroxyl groups excluding tert-OH is 1. The van der Waals surface area contributed by atoms with Crippen LogP contribution < -0.4 is 5.32 Å². The van der Waals surface area contributed by atoms with Gasteiger partial charge in [-0.15, -0.1) is 0 Å². The van der Waals surface area contributed by atoms with E-state index in [0.29, 0.717) is 6.54 Å². The van der Waals surface area contributed by atoms with Crippen molar-refractivity contribution >= 4 is 11.6 Å². The molecule has 1 heterocycles. The minimum Gasteiger partial charge on any atom is -0.395 e. The SMILES string of the molecule is O=C(CN1CCCC1CO)Nc1ccc2c(c1)CCC2. The van der Waals surface area contributed by atoms with Crippen molar-refractivity contribution in [2.24, 2.45) is 0 Å². The molecule has 1 aliphatic heterocycles. The molecule has 0 saturated carbocycles. The molecule has 4 heteroatoms. The molecule has 1 amide bonds. The highest BCUT2D eigenvalue weighted by Gasteiger charge is 2.25. The van der Waals surface area contributed by atoms with E-state index < -0.39 is 0 Å². The summed E-state index contributed by atoms with van der Waals surface area (Å²) in [5.74, 6) is 0.0169. The average Bonchev–Trinajstić information content (AvgIpc) is 3.06. The lowest BCUT2D eigenvalue weighted by molar-refractivity contribution is -0.117. The Kier molecular flexibility index (Phi) is 4.03. The summed E-state index contributed by atoms with van der Waals surface area (Å²) in [6.07, 6.45) is 5.56. The summed E-state index contributed by atoms with van der Waals surface area (Å²) >= 11 is 0. The van der Waals surface area contributed by atoms with Gasteiger partial charge in [-0.3, -0.25) is 9.69 Å². The van der Waals surface area contributed by atoms with E-state index in [1.807, 2.05) is 6.07 Å². The van der Waals surface area contributed by atoms with E-state index in [0.717, 1.165) is 37.9 Å². The second-order valence-corrected chi connectivity index (χ2v) is 5.83. The number of hydrogen-bond donors (Lipinski definition) is 2. The Labute approximate surface area is 119 Å². The number of aliphatic hydroxyl groups is 1. The van der Waals surface area contributed by atoms with Crippen LogP contribution in [0.1, 0.15) is 30.4 Å². The fourth-order valence-corrected chi connectivity index (χ4v) is 3.34. The number of rotatable bonds is 4. The molecule has 1 atom stereocenters. The van der Waals surface area contributed by atoms with Crippen molar-refractivity contribution in [3.05, 3.63) is 29.3 Å². The first-order valence-electron chi connectivity index (χ1n) is 7.53. The van der Waals surface area contributed by atoms with Crippen LogP contribution in [0.2, 0.25) is 0 Å². The van der Waals surface area contributed by atoms with Gasteiger partial charge in [-0.05, 0) is 61.9 Å². The van der Waals surface area contributed by atoms with Gasteiger partial charge in [0.15, 0.2) is 0 Å². The minimum absolute atomic E-state index is 0.0169. The molecule has 1 saturated heterocycles. The Bertz CT molecular complexity index is 501. The Morgan fingerprint density at radius 1 is 1.30 bits per heavy atom. The Morgan fingerprint density at radius 2 is 2.15 bits per heavy atom. The molecule has 4 nitrogen and oxygen atoms in total. The summed E-state index contributed by atoms with van der Waals surface area (Å²) in [6, 6.07) is 6.38. The van der Waals surface area contributed by atoms with Crippen LogP contribution in [0.3, 0.4) is 0 Å². The summed E-state index contributed by atoms with van der Waals surface area (Å²) in [7, 11) is 0. The standard InChI is InChI=1S/C16H22N2O2/c19-11-15-5-2-8-18(15)10-16(20)17-14-7-6-12-3-1-4-13(12)9-14/h6-7,9,15,19H,1-5,8,10-11H2,(H,17,20). The minimum atomic E-state index is 0.0169. The molecule has 0 spiro atoms. The molecular weight excluding hydrogens is 252 g/mol. The molecule has 2 aliphatic rings. The number of aryl methyl sites for hydroxylation is 2. The van der Waals surface area contributed by atoms with Crippen LogP contribution in [0.25, 0.3) is 0 Å². The highest BCUT2D eigenvalue weighted by molar-refractivity contribution is 5.92. The van der Waals surface area contributed by atoms with Gasteiger partial charge in [-0.25, -0.2) is 0 Å². The summed E-state index contributed by atoms with van der Waals surface area (Å²) < 4.78 is 0. The Balaban J connectivity index is 1.59. The van der Waals surface area contributed by atoms with Gasteiger partial charge in [-0.1, -0.05) is 6.07 Å². The Hall–Kier alpha value is -1.39. The topological polar surface area (TPSA) is 52.6 Å². The van der Waals surface area contributed by atoms with Crippen molar-refractivity contribution in [2.45, 2.75) is 38.1 Å². The molecule has 108 valence electrons. The lowest BCUT2D eigenvalue weighted by Gasteiger charge is -2.21. The van der Waals surface area contributed by atoms with Crippen molar-refractivity contribution in [1.82, 2.24) is 4.90 Å². The zero-order valence-corrected chi connectivity index (χ0v) is 11.8. The Morgan fingerprint density at radius 3 is 3.00 bits per heavy atom. The van der Waals surface area contributed by atoms with Gasteiger partial charge in [-0.2, -0.15) is 0 Å². The molecule has 1 aliphatic carbocycles. The number of benzene rings is 1. The summed E-state index contributed by atoms with van der Waals surface area (Å²) in [5, 5.41) is 12.3. The maximum atomic E-state index is 12.1. The molecule has 1 unspecified atom stereocenters. The molecule has 2 N–H and O–H groups in total. The normalized spacial score (nSPS) is 21.9. The van der Waals surface area contributed by atoms with E-state index in [1.54, 1.807) is 0 Å². The van der Waals surface area contributed by atoms with Gasteiger partial charge >= 0.3 is 0 Å². The predicted octanol–water partition coefficient (Wildman–Crippen LogP) is 1.57. The number of anilines is 1. The van der Waals surface area contributed by atoms with Crippen molar-refractivity contribution in [2.75, 3.05) is 25.0 Å². The smallest absolute Gasteiger partial charge is 0.238 e. The third kappa shape index (κ3) is 2.86. The van der Waals surface area contributed by atoms with Crippen LogP contribution >= 0.6 is 0 Å². The first-order valence-corrected chi connectivity index (χ1v) is 7.53. The van der Waals surface area contributed by atoms with E-state index >= 15 is 0 Å². The summed E-state index contributed by atoms with van der Waals surface area (Å²) in [6.45, 7) is 1.43. The molecule has 0 radical (unpaired) electrons. The number of hydrogen-bond acceptors (Lipinski definition) is 3. The number of nitrogens with zero attached hydrogens (tertiary/aromatic N) is 1. The zero-order valence-electron chi connectivity index (χ0n) is 11.8. The summed E-state index contributed by atoms with van der Waals surface area (Å²) in [4.78, 5) is 14.2. The second kappa shape index (κ2) is 5.94. The van der Waals surface area contributed by atoms with Gasteiger partial charge in [0.1, 0.15) is 0 Å². The number of amides is 1. The monoisotopic (exact) mass is 274 g/mol. The first-order chi connectivity index (χ1) is 9.76. The van der Waals surface area contributed by atoms with Crippen LogP contribution in [0, 0.1) is 0 Å².